The van der Waals surface area contributed by atoms with E-state index in [1.54, 1.807) is 30.3 Å². The second kappa shape index (κ2) is 4.75. The molecule has 0 aromatic heterocycles. The maximum absolute atomic E-state index is 13.2. The number of rotatable bonds is 1. The highest BCUT2D eigenvalue weighted by Gasteiger charge is 2.17. The molecule has 0 spiro atoms. The first-order valence-corrected chi connectivity index (χ1v) is 4.91. The second-order valence-electron chi connectivity index (χ2n) is 3.33. The first-order valence-electron chi connectivity index (χ1n) is 4.91. The van der Waals surface area contributed by atoms with Gasteiger partial charge in [0.2, 0.25) is 6.35 Å². The van der Waals surface area contributed by atoms with Gasteiger partial charge in [-0.1, -0.05) is 18.2 Å². The van der Waals surface area contributed by atoms with E-state index in [9.17, 15) is 9.18 Å². The number of carbonyl (C=O) groups excluding carboxylic acids is 1. The number of aliphatic hydroxyl groups is 1. The number of halogens is 1. The van der Waals surface area contributed by atoms with Crippen molar-refractivity contribution in [3.05, 3.63) is 47.9 Å². The molecular weight excluding hydrogens is 225 g/mol. The molecule has 0 saturated heterocycles. The number of hydrogen-bond acceptors (Lipinski definition) is 4. The minimum atomic E-state index is -1.25. The van der Waals surface area contributed by atoms with E-state index in [0.717, 1.165) is 6.20 Å². The van der Waals surface area contributed by atoms with Crippen molar-refractivity contribution in [2.24, 2.45) is 4.99 Å². The standard InChI is InChI=1S/C11H10FN3O2/c12-8-6-13-11(17)15-9(8)14-10(16)7-4-2-1-3-5-7/h1-6,11,13,17H,(H,14,15,16). The lowest BCUT2D eigenvalue weighted by molar-refractivity contribution is 0.0975. The Balaban J connectivity index is 2.12. The van der Waals surface area contributed by atoms with Gasteiger partial charge in [-0.2, -0.15) is 0 Å². The molecular formula is C11H10FN3O2. The predicted octanol–water partition coefficient (Wildman–Crippen LogP) is 0.505. The van der Waals surface area contributed by atoms with Crippen LogP contribution in [0.4, 0.5) is 4.39 Å². The highest BCUT2D eigenvalue weighted by molar-refractivity contribution is 6.11. The zero-order valence-electron chi connectivity index (χ0n) is 8.72. The third kappa shape index (κ3) is 2.67. The fraction of sp³-hybridized carbons (Fsp3) is 0.0909. The number of hydrogen-bond donors (Lipinski definition) is 3. The molecule has 2 rings (SSSR count). The van der Waals surface area contributed by atoms with Gasteiger partial charge in [-0.3, -0.25) is 4.79 Å². The molecule has 1 aromatic carbocycles. The van der Waals surface area contributed by atoms with Gasteiger partial charge in [0.15, 0.2) is 11.7 Å². The van der Waals surface area contributed by atoms with Gasteiger partial charge in [-0.25, -0.2) is 9.38 Å². The van der Waals surface area contributed by atoms with Crippen molar-refractivity contribution in [2.45, 2.75) is 6.35 Å². The summed E-state index contributed by atoms with van der Waals surface area (Å²) in [4.78, 5) is 15.2. The minimum Gasteiger partial charge on any atom is -0.355 e. The normalized spacial score (nSPS) is 18.8. The third-order valence-electron chi connectivity index (χ3n) is 2.10. The molecule has 3 N–H and O–H groups in total. The fourth-order valence-electron chi connectivity index (χ4n) is 1.30. The monoisotopic (exact) mass is 235 g/mol. The average molecular weight is 235 g/mol. The number of aliphatic imine (C=N–C) groups is 1. The molecule has 17 heavy (non-hydrogen) atoms. The van der Waals surface area contributed by atoms with Gasteiger partial charge in [-0.05, 0) is 12.1 Å². The Hall–Kier alpha value is -2.21. The van der Waals surface area contributed by atoms with E-state index in [-0.39, 0.29) is 5.84 Å². The molecule has 1 heterocycles. The molecule has 0 radical (unpaired) electrons. The maximum Gasteiger partial charge on any atom is 0.256 e. The number of nitrogens with zero attached hydrogens (tertiary/aromatic N) is 1. The molecule has 1 aliphatic heterocycles. The lowest BCUT2D eigenvalue weighted by atomic mass is 10.2. The lowest BCUT2D eigenvalue weighted by Crippen LogP contribution is -2.37. The van der Waals surface area contributed by atoms with Crippen molar-refractivity contribution in [2.75, 3.05) is 0 Å². The van der Waals surface area contributed by atoms with Crippen molar-refractivity contribution in [1.29, 1.82) is 0 Å². The largest absolute Gasteiger partial charge is 0.355 e. The summed E-state index contributed by atoms with van der Waals surface area (Å²) in [6.07, 6.45) is -0.307. The van der Waals surface area contributed by atoms with Crippen LogP contribution in [0, 0.1) is 0 Å². The van der Waals surface area contributed by atoms with Crippen LogP contribution in [-0.2, 0) is 0 Å². The van der Waals surface area contributed by atoms with Gasteiger partial charge in [0.25, 0.3) is 5.91 Å². The highest BCUT2D eigenvalue weighted by Crippen LogP contribution is 2.05. The maximum atomic E-state index is 13.2. The molecule has 0 fully saturated rings. The number of aliphatic hydroxyl groups excluding tert-OH is 1. The Morgan fingerprint density at radius 2 is 2.12 bits per heavy atom. The molecule has 88 valence electrons. The molecule has 1 amide bonds. The lowest BCUT2D eigenvalue weighted by Gasteiger charge is -2.15. The molecule has 1 aromatic rings. The Labute approximate surface area is 96.7 Å². The number of amides is 1. The van der Waals surface area contributed by atoms with Crippen LogP contribution in [0.2, 0.25) is 0 Å². The molecule has 1 unspecified atom stereocenters. The van der Waals surface area contributed by atoms with E-state index in [0.29, 0.717) is 5.56 Å². The van der Waals surface area contributed by atoms with Crippen LogP contribution in [0.25, 0.3) is 0 Å². The average Bonchev–Trinajstić information content (AvgIpc) is 2.35. The summed E-state index contributed by atoms with van der Waals surface area (Å²) < 4.78 is 13.2. The van der Waals surface area contributed by atoms with Crippen LogP contribution >= 0.6 is 0 Å². The number of benzene rings is 1. The zero-order valence-corrected chi connectivity index (χ0v) is 8.72. The van der Waals surface area contributed by atoms with Crippen molar-refractivity contribution in [3.63, 3.8) is 0 Å². The van der Waals surface area contributed by atoms with Gasteiger partial charge in [0, 0.05) is 11.8 Å². The van der Waals surface area contributed by atoms with Crippen LogP contribution in [0.1, 0.15) is 10.4 Å². The Morgan fingerprint density at radius 1 is 1.41 bits per heavy atom. The van der Waals surface area contributed by atoms with Crippen LogP contribution < -0.4 is 10.6 Å². The third-order valence-corrected chi connectivity index (χ3v) is 2.10. The molecule has 0 bridgehead atoms. The van der Waals surface area contributed by atoms with E-state index in [4.69, 9.17) is 5.11 Å². The summed E-state index contributed by atoms with van der Waals surface area (Å²) in [5.41, 5.74) is 0.385. The zero-order chi connectivity index (χ0) is 12.3. The SMILES string of the molecule is O=C(NC1=NC(O)NC=C1F)c1ccccc1. The summed E-state index contributed by atoms with van der Waals surface area (Å²) in [6.45, 7) is 0. The Bertz CT molecular complexity index is 485. The van der Waals surface area contributed by atoms with Crippen molar-refractivity contribution in [1.82, 2.24) is 10.6 Å². The topological polar surface area (TPSA) is 73.7 Å². The van der Waals surface area contributed by atoms with Crippen LogP contribution in [0.3, 0.4) is 0 Å². The minimum absolute atomic E-state index is 0.287. The Morgan fingerprint density at radius 3 is 2.82 bits per heavy atom. The number of amidine groups is 1. The smallest absolute Gasteiger partial charge is 0.256 e. The van der Waals surface area contributed by atoms with Crippen molar-refractivity contribution < 1.29 is 14.3 Å². The second-order valence-corrected chi connectivity index (χ2v) is 3.33. The summed E-state index contributed by atoms with van der Waals surface area (Å²) in [7, 11) is 0. The summed E-state index contributed by atoms with van der Waals surface area (Å²) in [5.74, 6) is -1.51. The van der Waals surface area contributed by atoms with E-state index < -0.39 is 18.1 Å². The van der Waals surface area contributed by atoms with Crippen LogP contribution in [-0.4, -0.2) is 23.2 Å². The first kappa shape index (κ1) is 11.3. The fourth-order valence-corrected chi connectivity index (χ4v) is 1.30. The van der Waals surface area contributed by atoms with E-state index in [1.807, 2.05) is 0 Å². The van der Waals surface area contributed by atoms with Gasteiger partial charge in [-0.15, -0.1) is 0 Å². The first-order chi connectivity index (χ1) is 8.16. The molecule has 0 saturated carbocycles. The Kier molecular flexibility index (Phi) is 3.15. The van der Waals surface area contributed by atoms with E-state index in [2.05, 4.69) is 15.6 Å². The summed E-state index contributed by atoms with van der Waals surface area (Å²) in [5, 5.41) is 13.7. The van der Waals surface area contributed by atoms with Crippen molar-refractivity contribution in [3.8, 4) is 0 Å². The molecule has 0 aliphatic carbocycles. The van der Waals surface area contributed by atoms with Crippen LogP contribution in [0.15, 0.2) is 47.4 Å². The van der Waals surface area contributed by atoms with Crippen LogP contribution in [0.5, 0.6) is 0 Å². The number of nitrogens with one attached hydrogen (secondary N) is 2. The van der Waals surface area contributed by atoms with Gasteiger partial charge < -0.3 is 15.7 Å². The molecule has 6 heteroatoms. The van der Waals surface area contributed by atoms with Gasteiger partial charge in [0.1, 0.15) is 0 Å². The van der Waals surface area contributed by atoms with Crippen molar-refractivity contribution >= 4 is 11.7 Å². The van der Waals surface area contributed by atoms with Gasteiger partial charge in [0.05, 0.1) is 0 Å². The molecule has 1 aliphatic rings. The molecule has 5 nitrogen and oxygen atoms in total. The molecule has 1 atom stereocenters. The van der Waals surface area contributed by atoms with Gasteiger partial charge >= 0.3 is 0 Å². The summed E-state index contributed by atoms with van der Waals surface area (Å²) >= 11 is 0. The predicted molar refractivity (Wildman–Crippen MR) is 59.7 cm³/mol. The highest BCUT2D eigenvalue weighted by atomic mass is 19.1. The van der Waals surface area contributed by atoms with E-state index in [1.165, 1.54) is 0 Å². The summed E-state index contributed by atoms with van der Waals surface area (Å²) in [6, 6.07) is 8.34. The number of carbonyl (C=O) groups is 1. The quantitative estimate of drug-likeness (QED) is 0.663. The van der Waals surface area contributed by atoms with E-state index >= 15 is 0 Å².